The first-order chi connectivity index (χ1) is 9.85. The van der Waals surface area contributed by atoms with E-state index in [-0.39, 0.29) is 24.5 Å². The van der Waals surface area contributed by atoms with Crippen molar-refractivity contribution in [2.24, 2.45) is 0 Å². The summed E-state index contributed by atoms with van der Waals surface area (Å²) in [5.74, 6) is -0.195. The third-order valence-electron chi connectivity index (χ3n) is 3.12. The van der Waals surface area contributed by atoms with Crippen LogP contribution in [0.15, 0.2) is 18.2 Å². The molecule has 21 heavy (non-hydrogen) atoms. The highest BCUT2D eigenvalue weighted by atomic mass is 19.1. The standard InChI is InChI=1S/C16H26FNO3/c1-11(2)18(9-14(19)10-21-12(3)4)13-6-7-16(20-5)15(17)8-13/h6-8,11-12,14,19H,9-10H2,1-5H3. The molecule has 0 aromatic heterocycles. The van der Waals surface area contributed by atoms with Crippen molar-refractivity contribution >= 4 is 5.69 Å². The molecular weight excluding hydrogens is 273 g/mol. The molecule has 0 fully saturated rings. The third-order valence-corrected chi connectivity index (χ3v) is 3.12. The van der Waals surface area contributed by atoms with E-state index in [1.807, 2.05) is 32.6 Å². The highest BCUT2D eigenvalue weighted by Gasteiger charge is 2.17. The van der Waals surface area contributed by atoms with Gasteiger partial charge in [-0.1, -0.05) is 0 Å². The van der Waals surface area contributed by atoms with Crippen LogP contribution in [0.5, 0.6) is 5.75 Å². The SMILES string of the molecule is COc1ccc(N(CC(O)COC(C)C)C(C)C)cc1F. The van der Waals surface area contributed by atoms with E-state index in [9.17, 15) is 9.50 Å². The number of rotatable bonds is 8. The highest BCUT2D eigenvalue weighted by Crippen LogP contribution is 2.25. The zero-order valence-electron chi connectivity index (χ0n) is 13.5. The van der Waals surface area contributed by atoms with Crippen LogP contribution >= 0.6 is 0 Å². The maximum Gasteiger partial charge on any atom is 0.167 e. The lowest BCUT2D eigenvalue weighted by Crippen LogP contribution is -2.39. The molecule has 0 heterocycles. The van der Waals surface area contributed by atoms with Gasteiger partial charge < -0.3 is 19.5 Å². The summed E-state index contributed by atoms with van der Waals surface area (Å²) in [6, 6.07) is 4.94. The summed E-state index contributed by atoms with van der Waals surface area (Å²) >= 11 is 0. The van der Waals surface area contributed by atoms with E-state index in [2.05, 4.69) is 0 Å². The number of halogens is 1. The molecular formula is C16H26FNO3. The van der Waals surface area contributed by atoms with E-state index in [1.165, 1.54) is 13.2 Å². The van der Waals surface area contributed by atoms with Crippen LogP contribution in [0.3, 0.4) is 0 Å². The Morgan fingerprint density at radius 1 is 1.24 bits per heavy atom. The van der Waals surface area contributed by atoms with Crippen molar-refractivity contribution in [1.29, 1.82) is 0 Å². The van der Waals surface area contributed by atoms with Crippen LogP contribution in [0, 0.1) is 5.82 Å². The molecule has 1 atom stereocenters. The monoisotopic (exact) mass is 299 g/mol. The lowest BCUT2D eigenvalue weighted by molar-refractivity contribution is 0.00847. The minimum Gasteiger partial charge on any atom is -0.494 e. The number of ether oxygens (including phenoxy) is 2. The molecule has 120 valence electrons. The highest BCUT2D eigenvalue weighted by molar-refractivity contribution is 5.50. The molecule has 1 aromatic carbocycles. The Bertz CT molecular complexity index is 438. The van der Waals surface area contributed by atoms with Crippen molar-refractivity contribution in [1.82, 2.24) is 0 Å². The zero-order chi connectivity index (χ0) is 16.0. The largest absolute Gasteiger partial charge is 0.494 e. The van der Waals surface area contributed by atoms with Crippen molar-refractivity contribution in [3.8, 4) is 5.75 Å². The number of anilines is 1. The average Bonchev–Trinajstić information content (AvgIpc) is 2.42. The second-order valence-electron chi connectivity index (χ2n) is 5.60. The molecule has 1 rings (SSSR count). The fourth-order valence-corrected chi connectivity index (χ4v) is 2.03. The van der Waals surface area contributed by atoms with Gasteiger partial charge in [-0.05, 0) is 39.8 Å². The van der Waals surface area contributed by atoms with Crippen LogP contribution in [0.4, 0.5) is 10.1 Å². The van der Waals surface area contributed by atoms with Crippen LogP contribution < -0.4 is 9.64 Å². The minimum absolute atomic E-state index is 0.0746. The predicted molar refractivity (Wildman–Crippen MR) is 82.5 cm³/mol. The average molecular weight is 299 g/mol. The van der Waals surface area contributed by atoms with Crippen molar-refractivity contribution in [2.45, 2.75) is 45.9 Å². The normalized spacial score (nSPS) is 12.8. The number of nitrogens with zero attached hydrogens (tertiary/aromatic N) is 1. The van der Waals surface area contributed by atoms with E-state index in [4.69, 9.17) is 9.47 Å². The molecule has 0 amide bonds. The van der Waals surface area contributed by atoms with Crippen molar-refractivity contribution < 1.29 is 19.0 Å². The summed E-state index contributed by atoms with van der Waals surface area (Å²) in [5, 5.41) is 10.1. The summed E-state index contributed by atoms with van der Waals surface area (Å²) in [5.41, 5.74) is 0.715. The molecule has 0 radical (unpaired) electrons. The molecule has 0 aliphatic carbocycles. The van der Waals surface area contributed by atoms with Crippen LogP contribution in [0.25, 0.3) is 0 Å². The van der Waals surface area contributed by atoms with E-state index in [0.717, 1.165) is 0 Å². The van der Waals surface area contributed by atoms with Gasteiger partial charge in [0.2, 0.25) is 0 Å². The van der Waals surface area contributed by atoms with Gasteiger partial charge in [-0.2, -0.15) is 0 Å². The molecule has 1 aromatic rings. The van der Waals surface area contributed by atoms with Crippen LogP contribution in [0.2, 0.25) is 0 Å². The molecule has 0 aliphatic rings. The summed E-state index contributed by atoms with van der Waals surface area (Å²) in [7, 11) is 1.44. The first-order valence-corrected chi connectivity index (χ1v) is 7.25. The zero-order valence-corrected chi connectivity index (χ0v) is 13.5. The van der Waals surface area contributed by atoms with Crippen LogP contribution in [-0.2, 0) is 4.74 Å². The maximum absolute atomic E-state index is 13.8. The van der Waals surface area contributed by atoms with Crippen molar-refractivity contribution in [3.05, 3.63) is 24.0 Å². The number of hydrogen-bond donors (Lipinski definition) is 1. The van der Waals surface area contributed by atoms with Crippen molar-refractivity contribution in [2.75, 3.05) is 25.2 Å². The van der Waals surface area contributed by atoms with Gasteiger partial charge >= 0.3 is 0 Å². The Morgan fingerprint density at radius 2 is 1.90 bits per heavy atom. The summed E-state index contributed by atoms with van der Waals surface area (Å²) < 4.78 is 24.2. The lowest BCUT2D eigenvalue weighted by atomic mass is 10.2. The van der Waals surface area contributed by atoms with Gasteiger partial charge in [0.25, 0.3) is 0 Å². The second kappa shape index (κ2) is 8.20. The number of benzene rings is 1. The molecule has 1 N–H and O–H groups in total. The van der Waals surface area contributed by atoms with Crippen LogP contribution in [0.1, 0.15) is 27.7 Å². The minimum atomic E-state index is -0.625. The summed E-state index contributed by atoms with van der Waals surface area (Å²) in [4.78, 5) is 1.94. The molecule has 0 bridgehead atoms. The summed E-state index contributed by atoms with van der Waals surface area (Å²) in [6.07, 6.45) is -0.550. The first kappa shape index (κ1) is 17.7. The number of hydrogen-bond acceptors (Lipinski definition) is 4. The number of aliphatic hydroxyl groups is 1. The Hall–Kier alpha value is -1.33. The first-order valence-electron chi connectivity index (χ1n) is 7.25. The topological polar surface area (TPSA) is 41.9 Å². The fraction of sp³-hybridized carbons (Fsp3) is 0.625. The molecule has 0 saturated carbocycles. The van der Waals surface area contributed by atoms with Gasteiger partial charge in [-0.15, -0.1) is 0 Å². The van der Waals surface area contributed by atoms with Gasteiger partial charge in [-0.25, -0.2) is 4.39 Å². The van der Waals surface area contributed by atoms with Gasteiger partial charge in [0.05, 0.1) is 25.9 Å². The second-order valence-corrected chi connectivity index (χ2v) is 5.60. The van der Waals surface area contributed by atoms with Gasteiger partial charge in [0.1, 0.15) is 0 Å². The Balaban J connectivity index is 2.79. The molecule has 1 unspecified atom stereocenters. The van der Waals surface area contributed by atoms with Gasteiger partial charge in [0.15, 0.2) is 11.6 Å². The fourth-order valence-electron chi connectivity index (χ4n) is 2.03. The predicted octanol–water partition coefficient (Wildman–Crippen LogP) is 2.84. The van der Waals surface area contributed by atoms with Gasteiger partial charge in [-0.3, -0.25) is 0 Å². The molecule has 0 spiro atoms. The molecule has 5 heteroatoms. The summed E-state index contributed by atoms with van der Waals surface area (Å²) in [6.45, 7) is 8.49. The van der Waals surface area contributed by atoms with E-state index in [1.54, 1.807) is 12.1 Å². The lowest BCUT2D eigenvalue weighted by Gasteiger charge is -2.31. The Kier molecular flexibility index (Phi) is 6.92. The Labute approximate surface area is 126 Å². The number of aliphatic hydroxyl groups excluding tert-OH is 1. The van der Waals surface area contributed by atoms with E-state index < -0.39 is 11.9 Å². The van der Waals surface area contributed by atoms with Crippen molar-refractivity contribution in [3.63, 3.8) is 0 Å². The van der Waals surface area contributed by atoms with E-state index in [0.29, 0.717) is 12.2 Å². The third kappa shape index (κ3) is 5.52. The van der Waals surface area contributed by atoms with Gasteiger partial charge in [0, 0.05) is 24.3 Å². The van der Waals surface area contributed by atoms with E-state index >= 15 is 0 Å². The van der Waals surface area contributed by atoms with Crippen LogP contribution in [-0.4, -0.2) is 43.6 Å². The quantitative estimate of drug-likeness (QED) is 0.801. The Morgan fingerprint density at radius 3 is 2.38 bits per heavy atom. The molecule has 4 nitrogen and oxygen atoms in total. The molecule has 0 saturated heterocycles. The molecule has 0 aliphatic heterocycles. The maximum atomic E-state index is 13.8. The smallest absolute Gasteiger partial charge is 0.167 e. The number of methoxy groups -OCH3 is 1.